The van der Waals surface area contributed by atoms with Gasteiger partial charge in [0.1, 0.15) is 12.2 Å². The normalized spacial score (nSPS) is 24.2. The van der Waals surface area contributed by atoms with E-state index in [1.54, 1.807) is 4.57 Å². The molecule has 172 valence electrons. The van der Waals surface area contributed by atoms with Gasteiger partial charge in [0.05, 0.1) is 6.54 Å². The quantitative estimate of drug-likeness (QED) is 0.687. The third-order valence-corrected chi connectivity index (χ3v) is 7.40. The number of hydrogen-bond donors (Lipinski definition) is 0. The van der Waals surface area contributed by atoms with Crippen LogP contribution in [0.4, 0.5) is 0 Å². The minimum absolute atomic E-state index is 0.289. The molecular weight excluding hydrogens is 404 g/mol. The standard InChI is InChI=1S/C25H34N4O3/c1-18-10-19(2)12-21(11-18)13-27-9-8-25(16-27)17-28-22(15-32-25)26-29(24(31)23(28)30)14-20-6-4-3-5-7-20/h10-12,20H,3-9,13-17H2,1-2H3. The third-order valence-electron chi connectivity index (χ3n) is 7.40. The average Bonchev–Trinajstić information content (AvgIpc) is 3.14. The van der Waals surface area contributed by atoms with Crippen molar-refractivity contribution < 1.29 is 4.74 Å². The van der Waals surface area contributed by atoms with Crippen LogP contribution >= 0.6 is 0 Å². The number of hydrogen-bond acceptors (Lipinski definition) is 5. The van der Waals surface area contributed by atoms with Crippen molar-refractivity contribution in [2.75, 3.05) is 13.1 Å². The van der Waals surface area contributed by atoms with Gasteiger partial charge in [0.15, 0.2) is 5.82 Å². The summed E-state index contributed by atoms with van der Waals surface area (Å²) in [7, 11) is 0. The Balaban J connectivity index is 1.31. The van der Waals surface area contributed by atoms with Gasteiger partial charge in [0.25, 0.3) is 0 Å². The molecule has 5 rings (SSSR count). The van der Waals surface area contributed by atoms with E-state index in [0.717, 1.165) is 38.9 Å². The first-order valence-electron chi connectivity index (χ1n) is 12.1. The van der Waals surface area contributed by atoms with Crippen LogP contribution in [0.5, 0.6) is 0 Å². The molecule has 1 atom stereocenters. The Kier molecular flexibility index (Phi) is 5.80. The molecule has 3 heterocycles. The van der Waals surface area contributed by atoms with E-state index >= 15 is 0 Å². The molecule has 1 unspecified atom stereocenters. The van der Waals surface area contributed by atoms with Crippen LogP contribution in [0.2, 0.25) is 0 Å². The van der Waals surface area contributed by atoms with Gasteiger partial charge in [-0.2, -0.15) is 5.10 Å². The fraction of sp³-hybridized carbons (Fsp3) is 0.640. The summed E-state index contributed by atoms with van der Waals surface area (Å²) in [6.07, 6.45) is 6.75. The molecular formula is C25H34N4O3. The van der Waals surface area contributed by atoms with Gasteiger partial charge < -0.3 is 4.74 Å². The number of aromatic nitrogens is 3. The van der Waals surface area contributed by atoms with Crippen LogP contribution in [-0.2, 0) is 31.0 Å². The molecule has 1 saturated carbocycles. The summed E-state index contributed by atoms with van der Waals surface area (Å²) < 4.78 is 9.32. The lowest BCUT2D eigenvalue weighted by atomic mass is 9.89. The molecule has 3 aliphatic rings. The lowest BCUT2D eigenvalue weighted by Gasteiger charge is -2.35. The van der Waals surface area contributed by atoms with Crippen molar-refractivity contribution in [1.82, 2.24) is 19.2 Å². The number of likely N-dealkylation sites (tertiary alicyclic amines) is 1. The van der Waals surface area contributed by atoms with E-state index in [1.165, 1.54) is 40.6 Å². The van der Waals surface area contributed by atoms with Gasteiger partial charge in [-0.25, -0.2) is 4.68 Å². The Morgan fingerprint density at radius 3 is 2.53 bits per heavy atom. The van der Waals surface area contributed by atoms with Gasteiger partial charge in [-0.1, -0.05) is 48.6 Å². The number of aryl methyl sites for hydroxylation is 2. The van der Waals surface area contributed by atoms with Gasteiger partial charge in [0, 0.05) is 26.2 Å². The van der Waals surface area contributed by atoms with E-state index in [2.05, 4.69) is 42.0 Å². The van der Waals surface area contributed by atoms with E-state index in [1.807, 2.05) is 0 Å². The third kappa shape index (κ3) is 4.33. The zero-order valence-corrected chi connectivity index (χ0v) is 19.3. The van der Waals surface area contributed by atoms with E-state index in [0.29, 0.717) is 24.8 Å². The lowest BCUT2D eigenvalue weighted by molar-refractivity contribution is -0.0860. The number of benzene rings is 1. The van der Waals surface area contributed by atoms with Crippen LogP contribution in [0, 0.1) is 19.8 Å². The van der Waals surface area contributed by atoms with Crippen LogP contribution in [0.15, 0.2) is 27.8 Å². The Morgan fingerprint density at radius 1 is 1.03 bits per heavy atom. The molecule has 7 heteroatoms. The maximum absolute atomic E-state index is 13.0. The smallest absolute Gasteiger partial charge is 0.332 e. The zero-order chi connectivity index (χ0) is 22.3. The molecule has 0 amide bonds. The van der Waals surface area contributed by atoms with Crippen molar-refractivity contribution in [2.24, 2.45) is 5.92 Å². The maximum Gasteiger partial charge on any atom is 0.332 e. The van der Waals surface area contributed by atoms with Crippen molar-refractivity contribution in [3.8, 4) is 0 Å². The Hall–Kier alpha value is -2.25. The van der Waals surface area contributed by atoms with Crippen LogP contribution in [0.25, 0.3) is 0 Å². The van der Waals surface area contributed by atoms with Crippen molar-refractivity contribution in [3.05, 3.63) is 61.4 Å². The van der Waals surface area contributed by atoms with Gasteiger partial charge in [-0.3, -0.25) is 19.1 Å². The number of rotatable bonds is 4. The molecule has 1 aromatic carbocycles. The summed E-state index contributed by atoms with van der Waals surface area (Å²) >= 11 is 0. The first kappa shape index (κ1) is 21.6. The first-order valence-corrected chi connectivity index (χ1v) is 12.1. The van der Waals surface area contributed by atoms with E-state index in [-0.39, 0.29) is 6.61 Å². The summed E-state index contributed by atoms with van der Waals surface area (Å²) in [5.74, 6) is 1.03. The van der Waals surface area contributed by atoms with E-state index in [9.17, 15) is 9.59 Å². The van der Waals surface area contributed by atoms with Crippen molar-refractivity contribution in [1.29, 1.82) is 0 Å². The van der Waals surface area contributed by atoms with E-state index in [4.69, 9.17) is 4.74 Å². The molecule has 0 bridgehead atoms. The topological polar surface area (TPSA) is 69.4 Å². The molecule has 1 aromatic heterocycles. The molecule has 32 heavy (non-hydrogen) atoms. The van der Waals surface area contributed by atoms with Gasteiger partial charge in [0.2, 0.25) is 0 Å². The molecule has 1 aliphatic carbocycles. The summed E-state index contributed by atoms with van der Waals surface area (Å²) in [4.78, 5) is 28.2. The highest BCUT2D eigenvalue weighted by Crippen LogP contribution is 2.32. The van der Waals surface area contributed by atoms with Crippen LogP contribution in [0.3, 0.4) is 0 Å². The minimum Gasteiger partial charge on any atom is -0.364 e. The highest BCUT2D eigenvalue weighted by atomic mass is 16.5. The summed E-state index contributed by atoms with van der Waals surface area (Å²) in [6, 6.07) is 6.66. The molecule has 7 nitrogen and oxygen atoms in total. The molecule has 0 N–H and O–H groups in total. The Bertz CT molecular complexity index is 1090. The number of fused-ring (bicyclic) bond motifs is 1. The van der Waals surface area contributed by atoms with Crippen molar-refractivity contribution >= 4 is 0 Å². The van der Waals surface area contributed by atoms with Crippen LogP contribution in [0.1, 0.15) is 61.0 Å². The fourth-order valence-corrected chi connectivity index (χ4v) is 5.87. The van der Waals surface area contributed by atoms with Crippen molar-refractivity contribution in [3.63, 3.8) is 0 Å². The molecule has 2 aromatic rings. The summed E-state index contributed by atoms with van der Waals surface area (Å²) in [5, 5.41) is 4.56. The van der Waals surface area contributed by atoms with Gasteiger partial charge in [-0.05, 0) is 44.6 Å². The molecule has 1 spiro atoms. The van der Waals surface area contributed by atoms with Gasteiger partial charge in [-0.15, -0.1) is 0 Å². The second-order valence-corrected chi connectivity index (χ2v) is 10.2. The van der Waals surface area contributed by atoms with E-state index < -0.39 is 16.7 Å². The van der Waals surface area contributed by atoms with Crippen LogP contribution in [-0.4, -0.2) is 37.9 Å². The molecule has 2 fully saturated rings. The average molecular weight is 439 g/mol. The monoisotopic (exact) mass is 438 g/mol. The highest BCUT2D eigenvalue weighted by molar-refractivity contribution is 5.28. The maximum atomic E-state index is 13.0. The fourth-order valence-electron chi connectivity index (χ4n) is 5.87. The second kappa shape index (κ2) is 8.60. The highest BCUT2D eigenvalue weighted by Gasteiger charge is 2.43. The van der Waals surface area contributed by atoms with Crippen LogP contribution < -0.4 is 11.1 Å². The Morgan fingerprint density at radius 2 is 1.78 bits per heavy atom. The summed E-state index contributed by atoms with van der Waals surface area (Å²) in [6.45, 7) is 8.06. The first-order chi connectivity index (χ1) is 15.4. The number of nitrogens with zero attached hydrogens (tertiary/aromatic N) is 4. The molecule has 1 saturated heterocycles. The largest absolute Gasteiger partial charge is 0.364 e. The lowest BCUT2D eigenvalue weighted by Crippen LogP contribution is -2.53. The minimum atomic E-state index is -0.485. The predicted octanol–water partition coefficient (Wildman–Crippen LogP) is 2.78. The molecule has 0 radical (unpaired) electrons. The SMILES string of the molecule is Cc1cc(C)cc(CN2CCC3(C2)Cn2c(nn(CC4CCCCC4)c(=O)c2=O)CO3)c1. The predicted molar refractivity (Wildman–Crippen MR) is 123 cm³/mol. The van der Waals surface area contributed by atoms with Gasteiger partial charge >= 0.3 is 11.1 Å². The summed E-state index contributed by atoms with van der Waals surface area (Å²) in [5.41, 5.74) is 2.51. The molecule has 2 aliphatic heterocycles. The second-order valence-electron chi connectivity index (χ2n) is 10.2. The number of ether oxygens (including phenoxy) is 1. The Labute approximate surface area is 189 Å². The zero-order valence-electron chi connectivity index (χ0n) is 19.3. The van der Waals surface area contributed by atoms with Crippen molar-refractivity contribution in [2.45, 2.75) is 84.2 Å².